The van der Waals surface area contributed by atoms with E-state index in [-0.39, 0.29) is 0 Å². The van der Waals surface area contributed by atoms with Gasteiger partial charge in [-0.25, -0.2) is 0 Å². The SMILES string of the molecule is CC=Cc1ccccc1OCC1CC2C=CC1C2. The first kappa shape index (κ1) is 11.6. The lowest BCUT2D eigenvalue weighted by Crippen LogP contribution is -2.16. The summed E-state index contributed by atoms with van der Waals surface area (Å²) in [5.41, 5.74) is 1.18. The molecule has 1 nitrogen and oxygen atoms in total. The van der Waals surface area contributed by atoms with Gasteiger partial charge in [0.05, 0.1) is 6.61 Å². The van der Waals surface area contributed by atoms with E-state index in [0.717, 1.165) is 30.1 Å². The van der Waals surface area contributed by atoms with Crippen molar-refractivity contribution < 1.29 is 4.74 Å². The standard InChI is InChI=1S/C17H20O/c1-2-5-14-6-3-4-7-17(14)18-12-16-11-13-8-9-15(16)10-13/h2-9,13,15-16H,10-12H2,1H3. The Bertz CT molecular complexity index is 472. The summed E-state index contributed by atoms with van der Waals surface area (Å²) in [6.45, 7) is 2.90. The van der Waals surface area contributed by atoms with E-state index in [9.17, 15) is 0 Å². The van der Waals surface area contributed by atoms with Crippen LogP contribution in [0.5, 0.6) is 5.75 Å². The largest absolute Gasteiger partial charge is 0.493 e. The Morgan fingerprint density at radius 2 is 2.11 bits per heavy atom. The first-order valence-corrected chi connectivity index (χ1v) is 6.89. The van der Waals surface area contributed by atoms with Crippen LogP contribution in [0.2, 0.25) is 0 Å². The van der Waals surface area contributed by atoms with Gasteiger partial charge >= 0.3 is 0 Å². The second-order valence-corrected chi connectivity index (χ2v) is 5.39. The van der Waals surface area contributed by atoms with Crippen LogP contribution in [0.25, 0.3) is 6.08 Å². The third-order valence-corrected chi connectivity index (χ3v) is 4.13. The summed E-state index contributed by atoms with van der Waals surface area (Å²) in [6.07, 6.45) is 11.6. The highest BCUT2D eigenvalue weighted by Gasteiger charge is 2.35. The van der Waals surface area contributed by atoms with Crippen LogP contribution in [0.15, 0.2) is 42.5 Å². The quantitative estimate of drug-likeness (QED) is 0.712. The van der Waals surface area contributed by atoms with Crippen LogP contribution >= 0.6 is 0 Å². The number of para-hydroxylation sites is 1. The van der Waals surface area contributed by atoms with Crippen molar-refractivity contribution in [2.75, 3.05) is 6.61 Å². The van der Waals surface area contributed by atoms with Crippen molar-refractivity contribution >= 4 is 6.08 Å². The highest BCUT2D eigenvalue weighted by molar-refractivity contribution is 5.56. The number of benzene rings is 1. The molecule has 0 N–H and O–H groups in total. The third kappa shape index (κ3) is 2.22. The molecule has 1 heteroatoms. The van der Waals surface area contributed by atoms with Gasteiger partial charge in [0.15, 0.2) is 0 Å². The molecule has 1 saturated carbocycles. The summed E-state index contributed by atoms with van der Waals surface area (Å²) in [5, 5.41) is 0. The Labute approximate surface area is 109 Å². The van der Waals surface area contributed by atoms with Crippen molar-refractivity contribution in [3.63, 3.8) is 0 Å². The molecule has 0 radical (unpaired) electrons. The molecule has 0 amide bonds. The molecule has 3 rings (SSSR count). The van der Waals surface area contributed by atoms with Crippen LogP contribution in [0.4, 0.5) is 0 Å². The first-order valence-electron chi connectivity index (χ1n) is 6.89. The van der Waals surface area contributed by atoms with E-state index in [1.54, 1.807) is 0 Å². The minimum absolute atomic E-state index is 0.721. The van der Waals surface area contributed by atoms with Crippen molar-refractivity contribution in [3.05, 3.63) is 48.1 Å². The van der Waals surface area contributed by atoms with Gasteiger partial charge in [0.25, 0.3) is 0 Å². The van der Waals surface area contributed by atoms with E-state index >= 15 is 0 Å². The molecule has 18 heavy (non-hydrogen) atoms. The molecule has 0 aliphatic heterocycles. The lowest BCUT2D eigenvalue weighted by molar-refractivity contribution is 0.227. The summed E-state index contributed by atoms with van der Waals surface area (Å²) < 4.78 is 6.04. The van der Waals surface area contributed by atoms with Crippen molar-refractivity contribution in [1.29, 1.82) is 0 Å². The second kappa shape index (κ2) is 5.01. The Morgan fingerprint density at radius 1 is 1.22 bits per heavy atom. The zero-order valence-corrected chi connectivity index (χ0v) is 10.9. The molecule has 0 saturated heterocycles. The third-order valence-electron chi connectivity index (χ3n) is 4.13. The normalized spacial score (nSPS) is 29.3. The minimum atomic E-state index is 0.721. The highest BCUT2D eigenvalue weighted by Crippen LogP contribution is 2.43. The summed E-state index contributed by atoms with van der Waals surface area (Å²) >= 11 is 0. The Kier molecular flexibility index (Phi) is 3.22. The molecule has 1 fully saturated rings. The van der Waals surface area contributed by atoms with Gasteiger partial charge < -0.3 is 4.74 Å². The van der Waals surface area contributed by atoms with Gasteiger partial charge in [0, 0.05) is 5.56 Å². The van der Waals surface area contributed by atoms with E-state index in [4.69, 9.17) is 4.74 Å². The number of allylic oxidation sites excluding steroid dienone is 3. The number of fused-ring (bicyclic) bond motifs is 2. The molecule has 2 aliphatic carbocycles. The van der Waals surface area contributed by atoms with Crippen molar-refractivity contribution in [1.82, 2.24) is 0 Å². The highest BCUT2D eigenvalue weighted by atomic mass is 16.5. The van der Waals surface area contributed by atoms with Gasteiger partial charge in [0.2, 0.25) is 0 Å². The van der Waals surface area contributed by atoms with Crippen LogP contribution in [0, 0.1) is 17.8 Å². The van der Waals surface area contributed by atoms with Gasteiger partial charge in [-0.3, -0.25) is 0 Å². The molecule has 2 bridgehead atoms. The maximum atomic E-state index is 6.04. The molecular formula is C17H20O. The number of hydrogen-bond acceptors (Lipinski definition) is 1. The maximum Gasteiger partial charge on any atom is 0.126 e. The van der Waals surface area contributed by atoms with E-state index in [2.05, 4.69) is 42.5 Å². The summed E-state index contributed by atoms with van der Waals surface area (Å²) in [7, 11) is 0. The van der Waals surface area contributed by atoms with Gasteiger partial charge in [-0.2, -0.15) is 0 Å². The molecule has 0 spiro atoms. The van der Waals surface area contributed by atoms with Crippen molar-refractivity contribution in [2.45, 2.75) is 19.8 Å². The van der Waals surface area contributed by atoms with Gasteiger partial charge in [-0.05, 0) is 43.6 Å². The van der Waals surface area contributed by atoms with Crippen molar-refractivity contribution in [3.8, 4) is 5.75 Å². The molecule has 0 aromatic heterocycles. The molecule has 1 aromatic carbocycles. The second-order valence-electron chi connectivity index (χ2n) is 5.39. The lowest BCUT2D eigenvalue weighted by atomic mass is 9.94. The average molecular weight is 240 g/mol. The number of rotatable bonds is 4. The zero-order valence-electron chi connectivity index (χ0n) is 10.9. The van der Waals surface area contributed by atoms with E-state index in [1.807, 2.05) is 13.0 Å². The van der Waals surface area contributed by atoms with Crippen LogP contribution in [-0.4, -0.2) is 6.61 Å². The van der Waals surface area contributed by atoms with Gasteiger partial charge in [-0.15, -0.1) is 0 Å². The van der Waals surface area contributed by atoms with Crippen LogP contribution in [0.1, 0.15) is 25.3 Å². The lowest BCUT2D eigenvalue weighted by Gasteiger charge is -2.19. The van der Waals surface area contributed by atoms with E-state index < -0.39 is 0 Å². The molecule has 1 aromatic rings. The molecule has 3 atom stereocenters. The van der Waals surface area contributed by atoms with E-state index in [0.29, 0.717) is 0 Å². The zero-order chi connectivity index (χ0) is 12.4. The van der Waals surface area contributed by atoms with Crippen LogP contribution in [-0.2, 0) is 0 Å². The van der Waals surface area contributed by atoms with Crippen molar-refractivity contribution in [2.24, 2.45) is 17.8 Å². The Morgan fingerprint density at radius 3 is 2.83 bits per heavy atom. The van der Waals surface area contributed by atoms with Gasteiger partial charge in [-0.1, -0.05) is 42.5 Å². The number of ether oxygens (including phenoxy) is 1. The smallest absolute Gasteiger partial charge is 0.126 e. The Balaban J connectivity index is 1.65. The van der Waals surface area contributed by atoms with Crippen LogP contribution < -0.4 is 4.74 Å². The van der Waals surface area contributed by atoms with Crippen LogP contribution in [0.3, 0.4) is 0 Å². The fourth-order valence-electron chi connectivity index (χ4n) is 3.21. The van der Waals surface area contributed by atoms with E-state index in [1.165, 1.54) is 18.4 Å². The topological polar surface area (TPSA) is 9.23 Å². The summed E-state index contributed by atoms with van der Waals surface area (Å²) in [6, 6.07) is 8.28. The average Bonchev–Trinajstić information content (AvgIpc) is 3.00. The first-order chi connectivity index (χ1) is 8.86. The molecule has 94 valence electrons. The monoisotopic (exact) mass is 240 g/mol. The minimum Gasteiger partial charge on any atom is -0.493 e. The summed E-state index contributed by atoms with van der Waals surface area (Å²) in [5.74, 6) is 3.33. The fourth-order valence-corrected chi connectivity index (χ4v) is 3.21. The predicted octanol–water partition coefficient (Wildman–Crippen LogP) is 4.31. The maximum absolute atomic E-state index is 6.04. The molecule has 2 aliphatic rings. The molecular weight excluding hydrogens is 220 g/mol. The predicted molar refractivity (Wildman–Crippen MR) is 75.5 cm³/mol. The molecule has 3 unspecified atom stereocenters. The molecule has 0 heterocycles. The Hall–Kier alpha value is -1.50. The number of hydrogen-bond donors (Lipinski definition) is 0. The summed E-state index contributed by atoms with van der Waals surface area (Å²) in [4.78, 5) is 0. The fraction of sp³-hybridized carbons (Fsp3) is 0.412. The van der Waals surface area contributed by atoms with Gasteiger partial charge in [0.1, 0.15) is 5.75 Å².